The number of aryl methyl sites for hydroxylation is 1. The predicted octanol–water partition coefficient (Wildman–Crippen LogP) is 2.09. The standard InChI is InChI=1S/C12H22N4/c1-4-9-16-12(10-14-15-16)11(3)7-6-8-13-5-2/h7,10,13H,4-6,8-9H2,1-3H3/b11-7+. The Hall–Kier alpha value is -1.16. The molecule has 0 aliphatic rings. The zero-order valence-electron chi connectivity index (χ0n) is 10.5. The van der Waals surface area contributed by atoms with Crippen LogP contribution in [0.5, 0.6) is 0 Å². The Bertz CT molecular complexity index is 328. The second-order valence-electron chi connectivity index (χ2n) is 3.87. The van der Waals surface area contributed by atoms with Gasteiger partial charge in [0.05, 0.1) is 11.9 Å². The molecule has 1 aromatic heterocycles. The van der Waals surface area contributed by atoms with Crippen LogP contribution < -0.4 is 5.32 Å². The van der Waals surface area contributed by atoms with E-state index in [1.54, 1.807) is 0 Å². The van der Waals surface area contributed by atoms with E-state index in [1.165, 1.54) is 5.57 Å². The molecule has 0 amide bonds. The predicted molar refractivity (Wildman–Crippen MR) is 67.1 cm³/mol. The van der Waals surface area contributed by atoms with Gasteiger partial charge in [-0.15, -0.1) is 5.10 Å². The van der Waals surface area contributed by atoms with Crippen molar-refractivity contribution in [2.45, 2.75) is 40.2 Å². The average Bonchev–Trinajstić information content (AvgIpc) is 2.73. The lowest BCUT2D eigenvalue weighted by atomic mass is 10.2. The summed E-state index contributed by atoms with van der Waals surface area (Å²) in [5.41, 5.74) is 2.40. The molecule has 4 heteroatoms. The highest BCUT2D eigenvalue weighted by Crippen LogP contribution is 2.12. The first-order valence-electron chi connectivity index (χ1n) is 6.05. The smallest absolute Gasteiger partial charge is 0.0839 e. The average molecular weight is 222 g/mol. The Kier molecular flexibility index (Phi) is 5.78. The van der Waals surface area contributed by atoms with Crippen LogP contribution in [-0.4, -0.2) is 28.1 Å². The van der Waals surface area contributed by atoms with Crippen molar-refractivity contribution in [3.05, 3.63) is 18.0 Å². The summed E-state index contributed by atoms with van der Waals surface area (Å²) in [5, 5.41) is 11.4. The Labute approximate surface area is 97.7 Å². The molecule has 1 N–H and O–H groups in total. The number of rotatable bonds is 7. The third-order valence-corrected chi connectivity index (χ3v) is 2.48. The molecule has 0 atom stereocenters. The van der Waals surface area contributed by atoms with Gasteiger partial charge >= 0.3 is 0 Å². The second kappa shape index (κ2) is 7.17. The largest absolute Gasteiger partial charge is 0.317 e. The van der Waals surface area contributed by atoms with Crippen LogP contribution in [0.2, 0.25) is 0 Å². The van der Waals surface area contributed by atoms with Crippen molar-refractivity contribution in [3.63, 3.8) is 0 Å². The molecule has 0 saturated carbocycles. The van der Waals surface area contributed by atoms with Gasteiger partial charge in [-0.25, -0.2) is 4.68 Å². The molecule has 90 valence electrons. The highest BCUT2D eigenvalue weighted by molar-refractivity contribution is 5.59. The molecule has 0 spiro atoms. The third-order valence-electron chi connectivity index (χ3n) is 2.48. The van der Waals surface area contributed by atoms with E-state index < -0.39 is 0 Å². The molecular weight excluding hydrogens is 200 g/mol. The van der Waals surface area contributed by atoms with E-state index in [-0.39, 0.29) is 0 Å². The molecule has 0 aromatic carbocycles. The number of aromatic nitrogens is 3. The minimum Gasteiger partial charge on any atom is -0.317 e. The van der Waals surface area contributed by atoms with Gasteiger partial charge in [-0.3, -0.25) is 0 Å². The summed E-state index contributed by atoms with van der Waals surface area (Å²) < 4.78 is 1.97. The van der Waals surface area contributed by atoms with Crippen LogP contribution in [0, 0.1) is 0 Å². The second-order valence-corrected chi connectivity index (χ2v) is 3.87. The summed E-state index contributed by atoms with van der Waals surface area (Å²) in [5.74, 6) is 0. The topological polar surface area (TPSA) is 42.7 Å². The van der Waals surface area contributed by atoms with Crippen LogP contribution in [0.4, 0.5) is 0 Å². The number of nitrogens with zero attached hydrogens (tertiary/aromatic N) is 3. The van der Waals surface area contributed by atoms with Crippen molar-refractivity contribution >= 4 is 5.57 Å². The van der Waals surface area contributed by atoms with E-state index in [0.717, 1.165) is 38.2 Å². The molecule has 0 radical (unpaired) electrons. The van der Waals surface area contributed by atoms with Crippen molar-refractivity contribution in [2.75, 3.05) is 13.1 Å². The van der Waals surface area contributed by atoms with Gasteiger partial charge in [0.1, 0.15) is 0 Å². The normalized spacial score (nSPS) is 12.1. The summed E-state index contributed by atoms with van der Waals surface area (Å²) >= 11 is 0. The lowest BCUT2D eigenvalue weighted by Crippen LogP contribution is -2.13. The molecule has 1 aromatic rings. The maximum Gasteiger partial charge on any atom is 0.0839 e. The van der Waals surface area contributed by atoms with Gasteiger partial charge in [0.2, 0.25) is 0 Å². The maximum absolute atomic E-state index is 4.08. The number of hydrogen-bond acceptors (Lipinski definition) is 3. The van der Waals surface area contributed by atoms with E-state index in [2.05, 4.69) is 42.5 Å². The molecule has 1 heterocycles. The van der Waals surface area contributed by atoms with Crippen LogP contribution in [0.25, 0.3) is 5.57 Å². The first kappa shape index (κ1) is 12.9. The fourth-order valence-corrected chi connectivity index (χ4v) is 1.61. The lowest BCUT2D eigenvalue weighted by Gasteiger charge is -2.05. The van der Waals surface area contributed by atoms with Gasteiger partial charge < -0.3 is 5.32 Å². The lowest BCUT2D eigenvalue weighted by molar-refractivity contribution is 0.573. The van der Waals surface area contributed by atoms with Crippen molar-refractivity contribution in [3.8, 4) is 0 Å². The molecular formula is C12H22N4. The Morgan fingerprint density at radius 1 is 1.50 bits per heavy atom. The van der Waals surface area contributed by atoms with E-state index in [1.807, 2.05) is 10.9 Å². The molecule has 0 saturated heterocycles. The van der Waals surface area contributed by atoms with Gasteiger partial charge in [0.15, 0.2) is 0 Å². The van der Waals surface area contributed by atoms with E-state index in [4.69, 9.17) is 0 Å². The molecule has 0 aliphatic heterocycles. The highest BCUT2D eigenvalue weighted by atomic mass is 15.4. The summed E-state index contributed by atoms with van der Waals surface area (Å²) in [4.78, 5) is 0. The van der Waals surface area contributed by atoms with E-state index in [9.17, 15) is 0 Å². The zero-order valence-corrected chi connectivity index (χ0v) is 10.5. The molecule has 0 unspecified atom stereocenters. The van der Waals surface area contributed by atoms with Gasteiger partial charge in [0, 0.05) is 6.54 Å². The minimum atomic E-state index is 0.938. The summed E-state index contributed by atoms with van der Waals surface area (Å²) in [7, 11) is 0. The van der Waals surface area contributed by atoms with Crippen LogP contribution >= 0.6 is 0 Å². The fourth-order valence-electron chi connectivity index (χ4n) is 1.61. The molecule has 4 nitrogen and oxygen atoms in total. The highest BCUT2D eigenvalue weighted by Gasteiger charge is 2.03. The van der Waals surface area contributed by atoms with Gasteiger partial charge in [0.25, 0.3) is 0 Å². The summed E-state index contributed by atoms with van der Waals surface area (Å²) in [6, 6.07) is 0. The van der Waals surface area contributed by atoms with Crippen LogP contribution in [0.1, 0.15) is 39.3 Å². The number of hydrogen-bond donors (Lipinski definition) is 1. The fraction of sp³-hybridized carbons (Fsp3) is 0.667. The third kappa shape index (κ3) is 3.77. The summed E-state index contributed by atoms with van der Waals surface area (Å²) in [6.45, 7) is 9.39. The zero-order chi connectivity index (χ0) is 11.8. The first-order valence-corrected chi connectivity index (χ1v) is 6.05. The number of nitrogens with one attached hydrogen (secondary N) is 1. The van der Waals surface area contributed by atoms with Crippen molar-refractivity contribution in [1.82, 2.24) is 20.3 Å². The molecule has 0 aliphatic carbocycles. The molecule has 16 heavy (non-hydrogen) atoms. The Morgan fingerprint density at radius 3 is 3.00 bits per heavy atom. The molecule has 1 rings (SSSR count). The monoisotopic (exact) mass is 222 g/mol. The van der Waals surface area contributed by atoms with Crippen LogP contribution in [-0.2, 0) is 6.54 Å². The van der Waals surface area contributed by atoms with Crippen LogP contribution in [0.15, 0.2) is 12.3 Å². The Morgan fingerprint density at radius 2 is 2.31 bits per heavy atom. The van der Waals surface area contributed by atoms with E-state index >= 15 is 0 Å². The van der Waals surface area contributed by atoms with Crippen molar-refractivity contribution in [2.24, 2.45) is 0 Å². The summed E-state index contributed by atoms with van der Waals surface area (Å²) in [6.07, 6.45) is 6.22. The molecule has 0 fully saturated rings. The number of allylic oxidation sites excluding steroid dienone is 1. The minimum absolute atomic E-state index is 0.938. The van der Waals surface area contributed by atoms with Crippen molar-refractivity contribution < 1.29 is 0 Å². The van der Waals surface area contributed by atoms with Crippen molar-refractivity contribution in [1.29, 1.82) is 0 Å². The first-order chi connectivity index (χ1) is 7.79. The molecule has 0 bridgehead atoms. The van der Waals surface area contributed by atoms with E-state index in [0.29, 0.717) is 0 Å². The Balaban J connectivity index is 2.56. The quantitative estimate of drug-likeness (QED) is 0.718. The van der Waals surface area contributed by atoms with Gasteiger partial charge in [-0.2, -0.15) is 0 Å². The maximum atomic E-state index is 4.08. The van der Waals surface area contributed by atoms with Gasteiger partial charge in [-0.1, -0.05) is 25.1 Å². The van der Waals surface area contributed by atoms with Crippen LogP contribution in [0.3, 0.4) is 0 Å². The van der Waals surface area contributed by atoms with Gasteiger partial charge in [-0.05, 0) is 38.4 Å². The SMILES string of the molecule is CCCn1nncc1/C(C)=C/CCNCC.